The zero-order valence-electron chi connectivity index (χ0n) is 17.7. The van der Waals surface area contributed by atoms with Crippen molar-refractivity contribution >= 4 is 34.9 Å². The van der Waals surface area contributed by atoms with E-state index in [9.17, 15) is 14.4 Å². The summed E-state index contributed by atoms with van der Waals surface area (Å²) in [6, 6.07) is 13.5. The highest BCUT2D eigenvalue weighted by atomic mass is 16.2. The van der Waals surface area contributed by atoms with Gasteiger partial charge >= 0.3 is 6.03 Å². The number of amides is 4. The van der Waals surface area contributed by atoms with E-state index in [1.54, 1.807) is 24.3 Å². The van der Waals surface area contributed by atoms with Gasteiger partial charge in [-0.05, 0) is 41.7 Å². The third-order valence-corrected chi connectivity index (χ3v) is 5.09. The van der Waals surface area contributed by atoms with Gasteiger partial charge in [0.15, 0.2) is 0 Å². The van der Waals surface area contributed by atoms with E-state index in [4.69, 9.17) is 0 Å². The van der Waals surface area contributed by atoms with Crippen LogP contribution in [-0.4, -0.2) is 30.4 Å². The average molecular weight is 409 g/mol. The van der Waals surface area contributed by atoms with Crippen LogP contribution in [0.15, 0.2) is 48.5 Å². The minimum Gasteiger partial charge on any atom is -0.326 e. The number of nitrogens with zero attached hydrogens (tertiary/aromatic N) is 1. The molecule has 3 rings (SSSR count). The minimum absolute atomic E-state index is 0.105. The molecule has 1 heterocycles. The number of hydrogen-bond donors (Lipinski definition) is 3. The molecule has 0 unspecified atom stereocenters. The summed E-state index contributed by atoms with van der Waals surface area (Å²) < 4.78 is 0. The summed E-state index contributed by atoms with van der Waals surface area (Å²) in [4.78, 5) is 39.2. The first kappa shape index (κ1) is 21.4. The molecule has 158 valence electrons. The minimum atomic E-state index is -0.751. The van der Waals surface area contributed by atoms with Crippen molar-refractivity contribution in [2.75, 3.05) is 22.1 Å². The van der Waals surface area contributed by atoms with E-state index in [2.05, 4.69) is 29.8 Å². The van der Waals surface area contributed by atoms with Crippen LogP contribution in [0.3, 0.4) is 0 Å². The largest absolute Gasteiger partial charge is 0.326 e. The molecule has 30 heavy (non-hydrogen) atoms. The standard InChI is InChI=1S/C23H28N4O3/c1-14(2)16-9-11-17(12-10-16)24-22(29)21(15(3)4)26-23(30)27-13-20(28)25-18-7-5-6-8-19(18)27/h5-12,14-15,21H,13H2,1-4H3,(H,24,29)(H,25,28)(H,26,30)/t21-/m0/s1. The molecule has 7 heteroatoms. The van der Waals surface area contributed by atoms with Crippen LogP contribution >= 0.6 is 0 Å². The molecule has 0 fully saturated rings. The lowest BCUT2D eigenvalue weighted by atomic mass is 10.0. The molecule has 0 bridgehead atoms. The number of benzene rings is 2. The second kappa shape index (κ2) is 8.98. The summed E-state index contributed by atoms with van der Waals surface area (Å²) in [5.41, 5.74) is 3.03. The molecule has 0 saturated carbocycles. The molecule has 1 atom stereocenters. The number of nitrogens with one attached hydrogen (secondary N) is 3. The molecule has 1 aliphatic heterocycles. The van der Waals surface area contributed by atoms with Crippen LogP contribution < -0.4 is 20.9 Å². The molecule has 4 amide bonds. The first-order chi connectivity index (χ1) is 14.3. The van der Waals surface area contributed by atoms with Crippen LogP contribution in [-0.2, 0) is 9.59 Å². The Morgan fingerprint density at radius 1 is 1.00 bits per heavy atom. The van der Waals surface area contributed by atoms with Gasteiger partial charge in [0.05, 0.1) is 11.4 Å². The van der Waals surface area contributed by atoms with E-state index in [1.807, 2.05) is 38.1 Å². The van der Waals surface area contributed by atoms with Gasteiger partial charge in [-0.1, -0.05) is 52.0 Å². The zero-order valence-corrected chi connectivity index (χ0v) is 17.7. The van der Waals surface area contributed by atoms with E-state index >= 15 is 0 Å². The summed E-state index contributed by atoms with van der Waals surface area (Å²) in [5, 5.41) is 8.42. The molecule has 0 aromatic heterocycles. The summed E-state index contributed by atoms with van der Waals surface area (Å²) >= 11 is 0. The van der Waals surface area contributed by atoms with Crippen molar-refractivity contribution in [1.82, 2.24) is 5.32 Å². The highest BCUT2D eigenvalue weighted by Gasteiger charge is 2.31. The molecular weight excluding hydrogens is 380 g/mol. The summed E-state index contributed by atoms with van der Waals surface area (Å²) in [6.07, 6.45) is 0. The van der Waals surface area contributed by atoms with Gasteiger partial charge in [-0.15, -0.1) is 0 Å². The Hall–Kier alpha value is -3.35. The number of hydrogen-bond acceptors (Lipinski definition) is 3. The predicted octanol–water partition coefficient (Wildman–Crippen LogP) is 3.94. The fourth-order valence-electron chi connectivity index (χ4n) is 3.33. The van der Waals surface area contributed by atoms with Crippen molar-refractivity contribution < 1.29 is 14.4 Å². The number of urea groups is 1. The molecule has 2 aromatic rings. The van der Waals surface area contributed by atoms with Gasteiger partial charge in [-0.3, -0.25) is 14.5 Å². The Morgan fingerprint density at radius 3 is 2.30 bits per heavy atom. The van der Waals surface area contributed by atoms with Gasteiger partial charge in [-0.2, -0.15) is 0 Å². The maximum Gasteiger partial charge on any atom is 0.323 e. The molecule has 0 aliphatic carbocycles. The monoisotopic (exact) mass is 408 g/mol. The third-order valence-electron chi connectivity index (χ3n) is 5.09. The van der Waals surface area contributed by atoms with Crippen LogP contribution in [0.2, 0.25) is 0 Å². The molecule has 0 spiro atoms. The number of para-hydroxylation sites is 2. The molecule has 2 aromatic carbocycles. The normalized spacial score (nSPS) is 14.2. The second-order valence-corrected chi connectivity index (χ2v) is 8.09. The highest BCUT2D eigenvalue weighted by molar-refractivity contribution is 6.10. The van der Waals surface area contributed by atoms with E-state index < -0.39 is 12.1 Å². The number of carbonyl (C=O) groups is 3. The van der Waals surface area contributed by atoms with Crippen LogP contribution in [0.5, 0.6) is 0 Å². The number of carbonyl (C=O) groups excluding carboxylic acids is 3. The van der Waals surface area contributed by atoms with Gasteiger partial charge in [0.25, 0.3) is 0 Å². The molecule has 3 N–H and O–H groups in total. The van der Waals surface area contributed by atoms with Crippen molar-refractivity contribution in [1.29, 1.82) is 0 Å². The fraction of sp³-hybridized carbons (Fsp3) is 0.348. The lowest BCUT2D eigenvalue weighted by Crippen LogP contribution is -2.54. The van der Waals surface area contributed by atoms with Crippen LogP contribution in [0.1, 0.15) is 39.2 Å². The quantitative estimate of drug-likeness (QED) is 0.700. The van der Waals surface area contributed by atoms with E-state index in [0.29, 0.717) is 23.0 Å². The smallest absolute Gasteiger partial charge is 0.323 e. The maximum absolute atomic E-state index is 13.0. The van der Waals surface area contributed by atoms with Crippen molar-refractivity contribution in [2.45, 2.75) is 39.7 Å². The first-order valence-electron chi connectivity index (χ1n) is 10.1. The Bertz CT molecular complexity index is 938. The second-order valence-electron chi connectivity index (χ2n) is 8.09. The van der Waals surface area contributed by atoms with Gasteiger partial charge in [0, 0.05) is 5.69 Å². The summed E-state index contributed by atoms with van der Waals surface area (Å²) in [7, 11) is 0. The molecular formula is C23H28N4O3. The molecule has 7 nitrogen and oxygen atoms in total. The maximum atomic E-state index is 13.0. The topological polar surface area (TPSA) is 90.5 Å². The Morgan fingerprint density at radius 2 is 1.67 bits per heavy atom. The van der Waals surface area contributed by atoms with Gasteiger partial charge in [-0.25, -0.2) is 4.79 Å². The first-order valence-corrected chi connectivity index (χ1v) is 10.1. The number of rotatable bonds is 5. The van der Waals surface area contributed by atoms with E-state index in [1.165, 1.54) is 10.5 Å². The summed E-state index contributed by atoms with van der Waals surface area (Å²) in [6.45, 7) is 7.84. The lowest BCUT2D eigenvalue weighted by Gasteiger charge is -2.31. The van der Waals surface area contributed by atoms with Crippen LogP contribution in [0, 0.1) is 5.92 Å². The van der Waals surface area contributed by atoms with Crippen molar-refractivity contribution in [2.24, 2.45) is 5.92 Å². The summed E-state index contributed by atoms with van der Waals surface area (Å²) in [5.74, 6) is -0.315. The van der Waals surface area contributed by atoms with Gasteiger partial charge < -0.3 is 16.0 Å². The van der Waals surface area contributed by atoms with Crippen molar-refractivity contribution in [3.05, 3.63) is 54.1 Å². The van der Waals surface area contributed by atoms with Gasteiger partial charge in [0.1, 0.15) is 12.6 Å². The molecule has 1 aliphatic rings. The fourth-order valence-corrected chi connectivity index (χ4v) is 3.33. The number of anilines is 3. The van der Waals surface area contributed by atoms with Crippen LogP contribution in [0.4, 0.5) is 21.9 Å². The average Bonchev–Trinajstić information content (AvgIpc) is 2.71. The molecule has 0 saturated heterocycles. The van der Waals surface area contributed by atoms with Crippen LogP contribution in [0.25, 0.3) is 0 Å². The highest BCUT2D eigenvalue weighted by Crippen LogP contribution is 2.29. The predicted molar refractivity (Wildman–Crippen MR) is 119 cm³/mol. The van der Waals surface area contributed by atoms with Crippen molar-refractivity contribution in [3.63, 3.8) is 0 Å². The Kier molecular flexibility index (Phi) is 6.40. The third kappa shape index (κ3) is 4.79. The zero-order chi connectivity index (χ0) is 21.8. The number of fused-ring (bicyclic) bond motifs is 1. The Balaban J connectivity index is 1.73. The lowest BCUT2D eigenvalue weighted by molar-refractivity contribution is -0.118. The van der Waals surface area contributed by atoms with E-state index in [0.717, 1.165) is 0 Å². The van der Waals surface area contributed by atoms with E-state index in [-0.39, 0.29) is 24.3 Å². The van der Waals surface area contributed by atoms with Crippen molar-refractivity contribution in [3.8, 4) is 0 Å². The SMILES string of the molecule is CC(C)c1ccc(NC(=O)[C@@H](NC(=O)N2CC(=O)Nc3ccccc32)C(C)C)cc1. The molecule has 0 radical (unpaired) electrons. The Labute approximate surface area is 176 Å². The van der Waals surface area contributed by atoms with Gasteiger partial charge in [0.2, 0.25) is 11.8 Å².